The quantitative estimate of drug-likeness (QED) is 0.213. The molecule has 0 aliphatic carbocycles. The number of hydrogen-bond donors (Lipinski definition) is 1. The molecule has 3 aromatic rings. The molecule has 0 aromatic heterocycles. The van der Waals surface area contributed by atoms with Crippen molar-refractivity contribution in [2.24, 2.45) is 0 Å². The third-order valence-electron chi connectivity index (χ3n) is 5.31. The average Bonchev–Trinajstić information content (AvgIpc) is 3.16. The van der Waals surface area contributed by atoms with Gasteiger partial charge in [-0.1, -0.05) is 36.4 Å². The number of rotatable bonds is 10. The van der Waals surface area contributed by atoms with E-state index in [0.29, 0.717) is 34.9 Å². The Bertz CT molecular complexity index is 1410. The lowest BCUT2D eigenvalue weighted by atomic mass is 10.1. The number of nitro benzene ring substituents is 1. The first kappa shape index (κ1) is 26.4. The summed E-state index contributed by atoms with van der Waals surface area (Å²) in [5.41, 5.74) is 1.75. The van der Waals surface area contributed by atoms with Crippen LogP contribution in [0.1, 0.15) is 18.1 Å². The van der Waals surface area contributed by atoms with E-state index in [1.165, 1.54) is 12.1 Å². The van der Waals surface area contributed by atoms with Crippen LogP contribution in [0.4, 0.5) is 16.2 Å². The van der Waals surface area contributed by atoms with E-state index in [2.05, 4.69) is 5.32 Å². The third kappa shape index (κ3) is 6.56. The van der Waals surface area contributed by atoms with Crippen molar-refractivity contribution < 1.29 is 28.8 Å². The van der Waals surface area contributed by atoms with Crippen LogP contribution in [-0.2, 0) is 16.2 Å². The Morgan fingerprint density at radius 3 is 2.55 bits per heavy atom. The summed E-state index contributed by atoms with van der Waals surface area (Å²) in [6.45, 7) is 1.85. The highest BCUT2D eigenvalue weighted by molar-refractivity contribution is 8.18. The van der Waals surface area contributed by atoms with Crippen molar-refractivity contribution >= 4 is 46.3 Å². The molecule has 194 valence electrons. The monoisotopic (exact) mass is 533 g/mol. The van der Waals surface area contributed by atoms with Gasteiger partial charge in [0.1, 0.15) is 13.2 Å². The lowest BCUT2D eigenvalue weighted by Gasteiger charge is -2.13. The number of carbonyl (C=O) groups is 3. The molecule has 4 rings (SSSR count). The van der Waals surface area contributed by atoms with Gasteiger partial charge < -0.3 is 14.8 Å². The van der Waals surface area contributed by atoms with E-state index in [4.69, 9.17) is 9.47 Å². The molecule has 1 heterocycles. The highest BCUT2D eigenvalue weighted by atomic mass is 32.2. The maximum atomic E-state index is 12.9. The van der Waals surface area contributed by atoms with Gasteiger partial charge in [-0.15, -0.1) is 0 Å². The van der Waals surface area contributed by atoms with Gasteiger partial charge >= 0.3 is 0 Å². The second kappa shape index (κ2) is 12.1. The van der Waals surface area contributed by atoms with Crippen LogP contribution in [-0.4, -0.2) is 40.0 Å². The zero-order valence-corrected chi connectivity index (χ0v) is 21.1. The number of non-ortho nitro benzene ring substituents is 1. The number of thioether (sulfide) groups is 1. The van der Waals surface area contributed by atoms with Gasteiger partial charge in [0, 0.05) is 17.8 Å². The molecule has 1 aliphatic heterocycles. The Kier molecular flexibility index (Phi) is 8.39. The van der Waals surface area contributed by atoms with Crippen LogP contribution < -0.4 is 14.8 Å². The van der Waals surface area contributed by atoms with E-state index in [1.54, 1.807) is 60.7 Å². The van der Waals surface area contributed by atoms with Gasteiger partial charge in [0.25, 0.3) is 16.8 Å². The number of para-hydroxylation sites is 1. The lowest BCUT2D eigenvalue weighted by molar-refractivity contribution is -0.384. The van der Waals surface area contributed by atoms with Crippen molar-refractivity contribution in [3.63, 3.8) is 0 Å². The van der Waals surface area contributed by atoms with Gasteiger partial charge in [-0.2, -0.15) is 0 Å². The summed E-state index contributed by atoms with van der Waals surface area (Å²) >= 11 is 0.751. The molecule has 1 N–H and O–H groups in total. The average molecular weight is 534 g/mol. The zero-order chi connectivity index (χ0) is 27.1. The number of nitrogens with zero attached hydrogens (tertiary/aromatic N) is 2. The molecule has 0 spiro atoms. The molecule has 0 atom stereocenters. The number of nitro groups is 1. The summed E-state index contributed by atoms with van der Waals surface area (Å²) in [7, 11) is 0. The number of hydrogen-bond acceptors (Lipinski definition) is 8. The molecule has 3 aromatic carbocycles. The van der Waals surface area contributed by atoms with Crippen molar-refractivity contribution in [3.8, 4) is 11.5 Å². The smallest absolute Gasteiger partial charge is 0.294 e. The fraction of sp³-hybridized carbons (Fsp3) is 0.148. The van der Waals surface area contributed by atoms with Gasteiger partial charge in [0.05, 0.1) is 16.4 Å². The van der Waals surface area contributed by atoms with Crippen LogP contribution in [0.25, 0.3) is 6.08 Å². The summed E-state index contributed by atoms with van der Waals surface area (Å²) in [6, 6.07) is 19.9. The molecule has 3 amide bonds. The Balaban J connectivity index is 1.45. The van der Waals surface area contributed by atoms with Crippen molar-refractivity contribution in [1.82, 2.24) is 4.90 Å². The standard InChI is InChI=1S/C27H23N3O7S/c1-2-36-23-14-18(11-12-22(23)37-17-19-7-6-10-21(13-19)30(34)35)15-24-26(32)29(27(33)38-24)16-25(31)28-20-8-4-3-5-9-20/h3-15H,2,16-17H2,1H3,(H,28,31)/b24-15-. The van der Waals surface area contributed by atoms with Crippen molar-refractivity contribution in [3.05, 3.63) is 98.9 Å². The van der Waals surface area contributed by atoms with Crippen molar-refractivity contribution in [1.29, 1.82) is 0 Å². The molecule has 10 nitrogen and oxygen atoms in total. The minimum atomic E-state index is -0.563. The number of ether oxygens (including phenoxy) is 2. The highest BCUT2D eigenvalue weighted by Gasteiger charge is 2.36. The Hall–Kier alpha value is -4.64. The SMILES string of the molecule is CCOc1cc(/C=C2\SC(=O)N(CC(=O)Nc3ccccc3)C2=O)ccc1OCc1cccc([N+](=O)[O-])c1. The second-order valence-electron chi connectivity index (χ2n) is 8.04. The number of anilines is 1. The van der Waals surface area contributed by atoms with E-state index in [0.717, 1.165) is 16.7 Å². The summed E-state index contributed by atoms with van der Waals surface area (Å²) in [5.74, 6) is -0.217. The number of imide groups is 1. The van der Waals surface area contributed by atoms with E-state index in [-0.39, 0.29) is 17.2 Å². The second-order valence-corrected chi connectivity index (χ2v) is 9.03. The van der Waals surface area contributed by atoms with E-state index in [9.17, 15) is 24.5 Å². The molecule has 0 saturated carbocycles. The van der Waals surface area contributed by atoms with Crippen molar-refractivity contribution in [2.75, 3.05) is 18.5 Å². The molecule has 1 fully saturated rings. The summed E-state index contributed by atoms with van der Waals surface area (Å²) < 4.78 is 11.5. The molecule has 38 heavy (non-hydrogen) atoms. The molecule has 0 unspecified atom stereocenters. The fourth-order valence-electron chi connectivity index (χ4n) is 3.58. The topological polar surface area (TPSA) is 128 Å². The number of nitrogens with one attached hydrogen (secondary N) is 1. The zero-order valence-electron chi connectivity index (χ0n) is 20.3. The minimum Gasteiger partial charge on any atom is -0.490 e. The fourth-order valence-corrected chi connectivity index (χ4v) is 4.41. The van der Waals surface area contributed by atoms with Crippen LogP contribution in [0.2, 0.25) is 0 Å². The molecule has 0 radical (unpaired) electrons. The number of amides is 3. The number of benzene rings is 3. The molecule has 0 bridgehead atoms. The maximum absolute atomic E-state index is 12.9. The van der Waals surface area contributed by atoms with Crippen LogP contribution in [0.3, 0.4) is 0 Å². The predicted octanol–water partition coefficient (Wildman–Crippen LogP) is 5.25. The van der Waals surface area contributed by atoms with Gasteiger partial charge in [0.15, 0.2) is 11.5 Å². The molecule has 1 saturated heterocycles. The van der Waals surface area contributed by atoms with Crippen LogP contribution in [0.5, 0.6) is 11.5 Å². The van der Waals surface area contributed by atoms with Crippen LogP contribution >= 0.6 is 11.8 Å². The minimum absolute atomic E-state index is 0.0297. The maximum Gasteiger partial charge on any atom is 0.294 e. The Labute approximate surface area is 222 Å². The van der Waals surface area contributed by atoms with Crippen LogP contribution in [0, 0.1) is 10.1 Å². The largest absolute Gasteiger partial charge is 0.490 e. The first-order chi connectivity index (χ1) is 18.3. The van der Waals surface area contributed by atoms with E-state index in [1.807, 2.05) is 13.0 Å². The summed E-state index contributed by atoms with van der Waals surface area (Å²) in [6.07, 6.45) is 1.55. The van der Waals surface area contributed by atoms with E-state index < -0.39 is 28.5 Å². The van der Waals surface area contributed by atoms with Gasteiger partial charge in [-0.05, 0) is 60.2 Å². The lowest BCUT2D eigenvalue weighted by Crippen LogP contribution is -2.36. The van der Waals surface area contributed by atoms with Crippen molar-refractivity contribution in [2.45, 2.75) is 13.5 Å². The molecular weight excluding hydrogens is 510 g/mol. The molecule has 11 heteroatoms. The summed E-state index contributed by atoms with van der Waals surface area (Å²) in [4.78, 5) is 49.3. The first-order valence-corrected chi connectivity index (χ1v) is 12.4. The van der Waals surface area contributed by atoms with Gasteiger partial charge in [-0.25, -0.2) is 0 Å². The third-order valence-corrected chi connectivity index (χ3v) is 6.22. The van der Waals surface area contributed by atoms with Gasteiger partial charge in [-0.3, -0.25) is 29.4 Å². The Morgan fingerprint density at radius 2 is 1.82 bits per heavy atom. The van der Waals surface area contributed by atoms with Crippen LogP contribution in [0.15, 0.2) is 77.7 Å². The Morgan fingerprint density at radius 1 is 1.03 bits per heavy atom. The number of carbonyl (C=O) groups excluding carboxylic acids is 3. The molecule has 1 aliphatic rings. The van der Waals surface area contributed by atoms with Gasteiger partial charge in [0.2, 0.25) is 5.91 Å². The normalized spacial score (nSPS) is 14.0. The van der Waals surface area contributed by atoms with E-state index >= 15 is 0 Å². The highest BCUT2D eigenvalue weighted by Crippen LogP contribution is 2.35. The predicted molar refractivity (Wildman–Crippen MR) is 143 cm³/mol. The molecular formula is C27H23N3O7S. The first-order valence-electron chi connectivity index (χ1n) is 11.6. The summed E-state index contributed by atoms with van der Waals surface area (Å²) in [5, 5.41) is 13.1.